The van der Waals surface area contributed by atoms with Gasteiger partial charge in [0, 0.05) is 30.1 Å². The number of nitrogens with zero attached hydrogens (tertiary/aromatic N) is 4. The van der Waals surface area contributed by atoms with E-state index >= 15 is 0 Å². The van der Waals surface area contributed by atoms with Gasteiger partial charge in [-0.1, -0.05) is 30.3 Å². The SMILES string of the molecule is Cc1nc(N2CCCC(N(C)C)C2)c2c(-c3ccccc3)csc2n1. The van der Waals surface area contributed by atoms with Crippen molar-refractivity contribution in [1.29, 1.82) is 0 Å². The molecule has 1 unspecified atom stereocenters. The predicted molar refractivity (Wildman–Crippen MR) is 107 cm³/mol. The van der Waals surface area contributed by atoms with Crippen molar-refractivity contribution in [3.8, 4) is 11.1 Å². The van der Waals surface area contributed by atoms with Crippen LogP contribution >= 0.6 is 11.3 Å². The monoisotopic (exact) mass is 352 g/mol. The molecule has 5 heteroatoms. The Balaban J connectivity index is 1.84. The molecule has 1 aliphatic rings. The number of fused-ring (bicyclic) bond motifs is 1. The van der Waals surface area contributed by atoms with Crippen LogP contribution in [0.5, 0.6) is 0 Å². The van der Waals surface area contributed by atoms with Crippen LogP contribution in [0.3, 0.4) is 0 Å². The highest BCUT2D eigenvalue weighted by Crippen LogP contribution is 2.39. The second kappa shape index (κ2) is 6.73. The molecule has 3 heterocycles. The number of aryl methyl sites for hydroxylation is 1. The molecule has 0 amide bonds. The molecular formula is C20H24N4S. The number of hydrogen-bond acceptors (Lipinski definition) is 5. The number of likely N-dealkylation sites (N-methyl/N-ethyl adjacent to an activating group) is 1. The lowest BCUT2D eigenvalue weighted by atomic mass is 10.0. The third-order valence-corrected chi connectivity index (χ3v) is 5.91. The van der Waals surface area contributed by atoms with E-state index in [0.29, 0.717) is 6.04 Å². The Hall–Kier alpha value is -1.98. The second-order valence-corrected chi connectivity index (χ2v) is 7.85. The van der Waals surface area contributed by atoms with Gasteiger partial charge in [0.05, 0.1) is 5.39 Å². The average Bonchev–Trinajstić information content (AvgIpc) is 3.05. The first-order chi connectivity index (χ1) is 12.1. The van der Waals surface area contributed by atoms with Crippen LogP contribution in [0.2, 0.25) is 0 Å². The molecule has 0 spiro atoms. The Morgan fingerprint density at radius 3 is 2.72 bits per heavy atom. The standard InChI is InChI=1S/C20H24N4S/c1-14-21-19(24-11-7-10-16(12-24)23(2)3)18-17(13-25-20(18)22-14)15-8-5-4-6-9-15/h4-6,8-9,13,16H,7,10-12H2,1-3H3. The van der Waals surface area contributed by atoms with Crippen LogP contribution in [-0.2, 0) is 0 Å². The Labute approximate surface area is 153 Å². The minimum absolute atomic E-state index is 0.581. The number of piperidine rings is 1. The number of hydrogen-bond donors (Lipinski definition) is 0. The zero-order chi connectivity index (χ0) is 17.4. The van der Waals surface area contributed by atoms with Gasteiger partial charge in [0.25, 0.3) is 0 Å². The van der Waals surface area contributed by atoms with Gasteiger partial charge in [-0.3, -0.25) is 0 Å². The summed E-state index contributed by atoms with van der Waals surface area (Å²) in [6, 6.07) is 11.2. The number of benzene rings is 1. The van der Waals surface area contributed by atoms with Crippen molar-refractivity contribution >= 4 is 27.4 Å². The summed E-state index contributed by atoms with van der Waals surface area (Å²) in [5.74, 6) is 1.96. The van der Waals surface area contributed by atoms with Gasteiger partial charge >= 0.3 is 0 Å². The van der Waals surface area contributed by atoms with Crippen molar-refractivity contribution in [1.82, 2.24) is 14.9 Å². The van der Waals surface area contributed by atoms with Gasteiger partial charge in [-0.2, -0.15) is 0 Å². The van der Waals surface area contributed by atoms with Crippen molar-refractivity contribution in [3.63, 3.8) is 0 Å². The van der Waals surface area contributed by atoms with Gasteiger partial charge in [-0.05, 0) is 39.4 Å². The van der Waals surface area contributed by atoms with Crippen LogP contribution in [0.1, 0.15) is 18.7 Å². The van der Waals surface area contributed by atoms with E-state index in [1.54, 1.807) is 11.3 Å². The molecule has 4 nitrogen and oxygen atoms in total. The van der Waals surface area contributed by atoms with Crippen molar-refractivity contribution in [3.05, 3.63) is 41.5 Å². The van der Waals surface area contributed by atoms with E-state index in [1.165, 1.54) is 29.4 Å². The maximum Gasteiger partial charge on any atom is 0.141 e. The Kier molecular flexibility index (Phi) is 4.44. The van der Waals surface area contributed by atoms with E-state index < -0.39 is 0 Å². The Bertz CT molecular complexity index is 872. The van der Waals surface area contributed by atoms with Gasteiger partial charge in [-0.15, -0.1) is 11.3 Å². The molecule has 0 aliphatic carbocycles. The summed E-state index contributed by atoms with van der Waals surface area (Å²) in [5.41, 5.74) is 2.49. The summed E-state index contributed by atoms with van der Waals surface area (Å²) >= 11 is 1.72. The van der Waals surface area contributed by atoms with Crippen LogP contribution in [0.25, 0.3) is 21.3 Å². The fraction of sp³-hybridized carbons (Fsp3) is 0.400. The molecule has 0 bridgehead atoms. The van der Waals surface area contributed by atoms with Crippen LogP contribution < -0.4 is 4.90 Å². The molecule has 1 saturated heterocycles. The van der Waals surface area contributed by atoms with Crippen molar-refractivity contribution < 1.29 is 0 Å². The number of anilines is 1. The number of thiophene rings is 1. The van der Waals surface area contributed by atoms with E-state index in [-0.39, 0.29) is 0 Å². The summed E-state index contributed by atoms with van der Waals surface area (Å²) in [6.45, 7) is 4.10. The molecule has 1 aromatic carbocycles. The maximum absolute atomic E-state index is 4.88. The van der Waals surface area contributed by atoms with Gasteiger partial charge < -0.3 is 9.80 Å². The van der Waals surface area contributed by atoms with E-state index in [9.17, 15) is 0 Å². The van der Waals surface area contributed by atoms with Gasteiger partial charge in [0.1, 0.15) is 16.5 Å². The maximum atomic E-state index is 4.88. The fourth-order valence-corrected chi connectivity index (χ4v) is 4.64. The van der Waals surface area contributed by atoms with E-state index in [0.717, 1.165) is 29.6 Å². The third-order valence-electron chi connectivity index (χ3n) is 5.04. The molecule has 1 fully saturated rings. The van der Waals surface area contributed by atoms with Crippen molar-refractivity contribution in [2.24, 2.45) is 0 Å². The Morgan fingerprint density at radius 1 is 1.16 bits per heavy atom. The molecule has 3 aromatic rings. The van der Waals surface area contributed by atoms with Crippen LogP contribution in [0, 0.1) is 6.92 Å². The predicted octanol–water partition coefficient (Wildman–Crippen LogP) is 4.20. The minimum Gasteiger partial charge on any atom is -0.354 e. The van der Waals surface area contributed by atoms with Crippen molar-refractivity contribution in [2.45, 2.75) is 25.8 Å². The summed E-state index contributed by atoms with van der Waals surface area (Å²) in [5, 5.41) is 3.44. The largest absolute Gasteiger partial charge is 0.354 e. The summed E-state index contributed by atoms with van der Waals surface area (Å²) in [6.07, 6.45) is 2.46. The first kappa shape index (κ1) is 16.5. The zero-order valence-corrected chi connectivity index (χ0v) is 15.9. The smallest absolute Gasteiger partial charge is 0.141 e. The van der Waals surface area contributed by atoms with Gasteiger partial charge in [0.2, 0.25) is 0 Å². The van der Waals surface area contributed by atoms with E-state index in [4.69, 9.17) is 9.97 Å². The molecule has 0 N–H and O–H groups in total. The first-order valence-corrected chi connectivity index (χ1v) is 9.74. The lowest BCUT2D eigenvalue weighted by Gasteiger charge is -2.37. The quantitative estimate of drug-likeness (QED) is 0.707. The summed E-state index contributed by atoms with van der Waals surface area (Å²) < 4.78 is 0. The van der Waals surface area contributed by atoms with Crippen LogP contribution in [0.15, 0.2) is 35.7 Å². The normalized spacial score (nSPS) is 18.2. The molecule has 4 rings (SSSR count). The average molecular weight is 353 g/mol. The molecule has 130 valence electrons. The number of aromatic nitrogens is 2. The zero-order valence-electron chi connectivity index (χ0n) is 15.1. The topological polar surface area (TPSA) is 32.3 Å². The summed E-state index contributed by atoms with van der Waals surface area (Å²) in [4.78, 5) is 15.5. The lowest BCUT2D eigenvalue weighted by Crippen LogP contribution is -2.45. The molecule has 25 heavy (non-hydrogen) atoms. The molecule has 0 radical (unpaired) electrons. The summed E-state index contributed by atoms with van der Waals surface area (Å²) in [7, 11) is 4.35. The highest BCUT2D eigenvalue weighted by atomic mass is 32.1. The van der Waals surface area contributed by atoms with E-state index in [2.05, 4.69) is 59.6 Å². The second-order valence-electron chi connectivity index (χ2n) is 7.00. The fourth-order valence-electron chi connectivity index (χ4n) is 3.65. The van der Waals surface area contributed by atoms with Gasteiger partial charge in [-0.25, -0.2) is 9.97 Å². The highest BCUT2D eigenvalue weighted by molar-refractivity contribution is 7.17. The van der Waals surface area contributed by atoms with Crippen LogP contribution in [0.4, 0.5) is 5.82 Å². The molecule has 2 aromatic heterocycles. The highest BCUT2D eigenvalue weighted by Gasteiger charge is 2.25. The molecule has 0 saturated carbocycles. The Morgan fingerprint density at radius 2 is 1.96 bits per heavy atom. The van der Waals surface area contributed by atoms with E-state index in [1.807, 2.05) is 6.92 Å². The molecule has 1 aliphatic heterocycles. The van der Waals surface area contributed by atoms with Gasteiger partial charge in [0.15, 0.2) is 0 Å². The molecule has 1 atom stereocenters. The van der Waals surface area contributed by atoms with Crippen molar-refractivity contribution in [2.75, 3.05) is 32.1 Å². The third kappa shape index (κ3) is 3.14. The minimum atomic E-state index is 0.581. The number of rotatable bonds is 3. The molecular weight excluding hydrogens is 328 g/mol. The van der Waals surface area contributed by atoms with Crippen LogP contribution in [-0.4, -0.2) is 48.1 Å². The lowest BCUT2D eigenvalue weighted by molar-refractivity contribution is 0.257. The first-order valence-electron chi connectivity index (χ1n) is 8.86.